The van der Waals surface area contributed by atoms with Crippen molar-refractivity contribution in [2.75, 3.05) is 52.4 Å². The van der Waals surface area contributed by atoms with Gasteiger partial charge >= 0.3 is 44.8 Å². The number of halogens is 2. The van der Waals surface area contributed by atoms with Crippen molar-refractivity contribution in [3.63, 3.8) is 0 Å². The quantitative estimate of drug-likeness (QED) is 0.0781. The minimum atomic E-state index is -0.522. The third-order valence-corrected chi connectivity index (χ3v) is 10.5. The molecule has 4 aliphatic heterocycles. The number of hydrogen-bond donors (Lipinski definition) is 4. The molecule has 0 spiro atoms. The van der Waals surface area contributed by atoms with Gasteiger partial charge in [-0.25, -0.2) is 0 Å². The van der Waals surface area contributed by atoms with Gasteiger partial charge in [0.2, 0.25) is 0 Å². The molecular weight excluding hydrogens is 1130 g/mol. The van der Waals surface area contributed by atoms with E-state index in [1.54, 1.807) is 0 Å². The van der Waals surface area contributed by atoms with Gasteiger partial charge in [-0.15, -0.1) is 0 Å². The van der Waals surface area contributed by atoms with Crippen LogP contribution in [0.15, 0.2) is 171 Å². The van der Waals surface area contributed by atoms with Crippen molar-refractivity contribution in [3.8, 4) is 0 Å². The number of nitrogens with zero attached hydrogens (tertiary/aromatic N) is 8. The summed E-state index contributed by atoms with van der Waals surface area (Å²) in [5.74, 6) is 0. The molecule has 4 N–H and O–H groups in total. The van der Waals surface area contributed by atoms with Gasteiger partial charge in [0.05, 0.1) is 24.4 Å². The minimum absolute atomic E-state index is 0. The van der Waals surface area contributed by atoms with Gasteiger partial charge in [0.1, 0.15) is 0 Å². The van der Waals surface area contributed by atoms with E-state index < -0.39 is 24.4 Å². The SMILES string of the molecule is OC(CN1C=CN(CCN2C=CN(CC(O)c3ccccc3)[CH-]2)[CH-]1)c1ccccc1.OC(CN1C=CN(CCN2C=CN(CC(O)c3ccccc3)[CH-]2)[CH-]1)c1ccccc1.[Ag+].[Ag+].[Br-].[Br-]. The van der Waals surface area contributed by atoms with Crippen LogP contribution in [-0.4, -0.2) is 112 Å². The molecule has 4 heterocycles. The average Bonchev–Trinajstić information content (AvgIpc) is 4.13. The Morgan fingerprint density at radius 2 is 0.469 bits per heavy atom. The normalized spacial score (nSPS) is 16.7. The molecule has 64 heavy (non-hydrogen) atoms. The van der Waals surface area contributed by atoms with E-state index in [4.69, 9.17) is 0 Å². The molecule has 16 heteroatoms. The zero-order chi connectivity index (χ0) is 41.5. The first-order chi connectivity index (χ1) is 29.3. The molecule has 0 aromatic heterocycles. The Balaban J connectivity index is 0.000000320. The van der Waals surface area contributed by atoms with Crippen molar-refractivity contribution in [1.82, 2.24) is 39.2 Å². The Hall–Kier alpha value is -3.48. The molecule has 4 aromatic carbocycles. The maximum atomic E-state index is 10.4. The van der Waals surface area contributed by atoms with Crippen molar-refractivity contribution in [2.24, 2.45) is 0 Å². The van der Waals surface area contributed by atoms with Crippen LogP contribution in [0.1, 0.15) is 46.7 Å². The first-order valence-corrected chi connectivity index (χ1v) is 20.5. The van der Waals surface area contributed by atoms with E-state index in [9.17, 15) is 20.4 Å². The Bertz CT molecular complexity index is 1710. The molecule has 4 aliphatic rings. The van der Waals surface area contributed by atoms with Gasteiger partial charge in [-0.1, -0.05) is 121 Å². The third-order valence-electron chi connectivity index (χ3n) is 10.5. The van der Waals surface area contributed by atoms with E-state index in [1.807, 2.05) is 217 Å². The molecule has 352 valence electrons. The summed E-state index contributed by atoms with van der Waals surface area (Å²) in [5, 5.41) is 41.6. The summed E-state index contributed by atoms with van der Waals surface area (Å²) in [5.41, 5.74) is 3.69. The van der Waals surface area contributed by atoms with Crippen molar-refractivity contribution in [3.05, 3.63) is 220 Å². The van der Waals surface area contributed by atoms with Gasteiger partial charge in [0.25, 0.3) is 0 Å². The summed E-state index contributed by atoms with van der Waals surface area (Å²) in [6.45, 7) is 13.5. The van der Waals surface area contributed by atoms with Gasteiger partial charge in [-0.2, -0.15) is 26.7 Å². The van der Waals surface area contributed by atoms with Gasteiger partial charge in [-0.3, -0.25) is 0 Å². The topological polar surface area (TPSA) is 107 Å². The Kier molecular flexibility index (Phi) is 24.5. The molecule has 0 aliphatic carbocycles. The van der Waals surface area contributed by atoms with E-state index >= 15 is 0 Å². The van der Waals surface area contributed by atoms with E-state index in [0.29, 0.717) is 26.2 Å². The molecule has 0 amide bonds. The fourth-order valence-electron chi connectivity index (χ4n) is 7.10. The van der Waals surface area contributed by atoms with Crippen LogP contribution < -0.4 is 34.0 Å². The maximum Gasteiger partial charge on any atom is 1.00 e. The third kappa shape index (κ3) is 17.1. The zero-order valence-corrected chi connectivity index (χ0v) is 41.3. The summed E-state index contributed by atoms with van der Waals surface area (Å²) in [6, 6.07) is 38.9. The van der Waals surface area contributed by atoms with Crippen LogP contribution in [0.4, 0.5) is 0 Å². The van der Waals surface area contributed by atoms with Crippen LogP contribution in [0.3, 0.4) is 0 Å². The van der Waals surface area contributed by atoms with E-state index in [2.05, 4.69) is 19.6 Å². The fraction of sp³-hybridized carbons (Fsp3) is 0.250. The van der Waals surface area contributed by atoms with Crippen molar-refractivity contribution < 1.29 is 99.1 Å². The Morgan fingerprint density at radius 3 is 0.656 bits per heavy atom. The van der Waals surface area contributed by atoms with Crippen LogP contribution in [0.25, 0.3) is 0 Å². The van der Waals surface area contributed by atoms with Crippen molar-refractivity contribution in [1.29, 1.82) is 0 Å². The van der Waals surface area contributed by atoms with Crippen molar-refractivity contribution >= 4 is 0 Å². The predicted molar refractivity (Wildman–Crippen MR) is 233 cm³/mol. The Labute approximate surface area is 431 Å². The molecule has 0 radical (unpaired) electrons. The second-order valence-electron chi connectivity index (χ2n) is 15.1. The van der Waals surface area contributed by atoms with Gasteiger partial charge in [-0.05, 0) is 71.9 Å². The largest absolute Gasteiger partial charge is 1.00 e. The summed E-state index contributed by atoms with van der Waals surface area (Å²) >= 11 is 0. The second-order valence-corrected chi connectivity index (χ2v) is 15.1. The fourth-order valence-corrected chi connectivity index (χ4v) is 7.10. The molecule has 0 bridgehead atoms. The van der Waals surface area contributed by atoms with Crippen LogP contribution in [-0.2, 0) is 44.8 Å². The van der Waals surface area contributed by atoms with E-state index in [1.165, 1.54) is 0 Å². The molecule has 4 atom stereocenters. The molecule has 4 unspecified atom stereocenters. The first kappa shape index (κ1) is 54.9. The van der Waals surface area contributed by atoms with Crippen molar-refractivity contribution in [2.45, 2.75) is 24.4 Å². The molecule has 4 aromatic rings. The number of β-amino-alcohol motifs (C(OH)–C–C–N with tert-alkyl or cyclic N) is 4. The summed E-state index contributed by atoms with van der Waals surface area (Å²) in [7, 11) is 0. The zero-order valence-electron chi connectivity index (χ0n) is 35.2. The summed E-state index contributed by atoms with van der Waals surface area (Å²) in [4.78, 5) is 16.5. The predicted octanol–water partition coefficient (Wildman–Crippen LogP) is -0.257. The maximum absolute atomic E-state index is 10.4. The number of hydrogen-bond acceptors (Lipinski definition) is 12. The summed E-state index contributed by atoms with van der Waals surface area (Å²) in [6.07, 6.45) is 13.9. The molecule has 12 nitrogen and oxygen atoms in total. The van der Waals surface area contributed by atoms with Crippen LogP contribution >= 0.6 is 0 Å². The Morgan fingerprint density at radius 1 is 0.297 bits per heavy atom. The number of aliphatic hydroxyl groups is 4. The molecule has 0 fully saturated rings. The van der Waals surface area contributed by atoms with Gasteiger partial charge < -0.3 is 93.6 Å². The van der Waals surface area contributed by atoms with Crippen LogP contribution in [0.5, 0.6) is 0 Å². The van der Waals surface area contributed by atoms with E-state index in [-0.39, 0.29) is 78.7 Å². The number of benzene rings is 4. The summed E-state index contributed by atoms with van der Waals surface area (Å²) < 4.78 is 0. The molecule has 8 rings (SSSR count). The molecule has 0 saturated heterocycles. The van der Waals surface area contributed by atoms with Gasteiger partial charge in [0, 0.05) is 52.4 Å². The first-order valence-electron chi connectivity index (χ1n) is 20.5. The van der Waals surface area contributed by atoms with Crippen LogP contribution in [0, 0.1) is 26.7 Å². The average molecular weight is 1180 g/mol. The number of aliphatic hydroxyl groups excluding tert-OH is 4. The second kappa shape index (κ2) is 28.5. The van der Waals surface area contributed by atoms with Gasteiger partial charge in [0.15, 0.2) is 0 Å². The van der Waals surface area contributed by atoms with Crippen LogP contribution in [0.2, 0.25) is 0 Å². The molecular formula is C48H56Ag2Br2N8O4-4. The minimum Gasteiger partial charge on any atom is -1.00 e. The monoisotopic (exact) mass is 1180 g/mol. The molecule has 0 saturated carbocycles. The standard InChI is InChI=1S/2C24H28N4O2.2Ag.2BrH/c2*29-23(21-7-3-1-4-8-21)17-27-15-13-25(19-27)11-12-26-14-16-28(20-26)18-24(30)22-9-5-2-6-10-22;;;;/h2*1-10,13-16,19-20,23-24,29-30H,11-12,17-18H2;;;2*1H/q2*-2;2*+1;;/p-2. The van der Waals surface area contributed by atoms with E-state index in [0.717, 1.165) is 48.4 Å². The smallest absolute Gasteiger partial charge is 1.00 e. The number of rotatable bonds is 18.